The SMILES string of the molecule is CCSC1=C(c2ccc(OC)c(OC)c2)C(=O)N(c2cccc(C)c2)C1=O. The number of hydrogen-bond donors (Lipinski definition) is 0. The van der Waals surface area contributed by atoms with E-state index in [-0.39, 0.29) is 11.8 Å². The number of amides is 2. The molecule has 0 atom stereocenters. The summed E-state index contributed by atoms with van der Waals surface area (Å²) in [4.78, 5) is 28.0. The van der Waals surface area contributed by atoms with E-state index in [0.717, 1.165) is 5.56 Å². The van der Waals surface area contributed by atoms with Gasteiger partial charge in [0, 0.05) is 0 Å². The standard InChI is InChI=1S/C21H21NO4S/c1-5-27-19-18(14-9-10-16(25-3)17(12-14)26-4)20(23)22(21(19)24)15-8-6-7-13(2)11-15/h6-12H,5H2,1-4H3. The molecule has 0 spiro atoms. The van der Waals surface area contributed by atoms with Gasteiger partial charge in [0.05, 0.1) is 30.4 Å². The van der Waals surface area contributed by atoms with E-state index in [2.05, 4.69) is 0 Å². The van der Waals surface area contributed by atoms with E-state index in [1.165, 1.54) is 16.7 Å². The Balaban J connectivity index is 2.11. The second kappa shape index (κ2) is 7.88. The molecule has 1 aliphatic heterocycles. The average Bonchev–Trinajstić information content (AvgIpc) is 2.91. The highest BCUT2D eigenvalue weighted by atomic mass is 32.2. The van der Waals surface area contributed by atoms with Gasteiger partial charge >= 0.3 is 0 Å². The molecule has 1 aliphatic rings. The first kappa shape index (κ1) is 19.0. The molecule has 0 fully saturated rings. The van der Waals surface area contributed by atoms with Crippen molar-refractivity contribution in [1.82, 2.24) is 0 Å². The molecular formula is C21H21NO4S. The number of aryl methyl sites for hydroxylation is 1. The van der Waals surface area contributed by atoms with E-state index in [4.69, 9.17) is 9.47 Å². The molecule has 27 heavy (non-hydrogen) atoms. The molecule has 2 aromatic rings. The van der Waals surface area contributed by atoms with E-state index in [1.807, 2.05) is 32.0 Å². The topological polar surface area (TPSA) is 55.8 Å². The largest absolute Gasteiger partial charge is 0.493 e. The van der Waals surface area contributed by atoms with Crippen molar-refractivity contribution in [2.45, 2.75) is 13.8 Å². The Hall–Kier alpha value is -2.73. The maximum absolute atomic E-state index is 13.2. The van der Waals surface area contributed by atoms with Crippen LogP contribution in [0.25, 0.3) is 5.57 Å². The molecule has 5 nitrogen and oxygen atoms in total. The van der Waals surface area contributed by atoms with Crippen molar-refractivity contribution in [3.63, 3.8) is 0 Å². The van der Waals surface area contributed by atoms with Gasteiger partial charge in [0.2, 0.25) is 0 Å². The molecule has 1 heterocycles. The zero-order valence-corrected chi connectivity index (χ0v) is 16.6. The van der Waals surface area contributed by atoms with Gasteiger partial charge in [-0.05, 0) is 48.1 Å². The lowest BCUT2D eigenvalue weighted by Crippen LogP contribution is -2.31. The average molecular weight is 383 g/mol. The number of hydrogen-bond acceptors (Lipinski definition) is 5. The number of carbonyl (C=O) groups excluding carboxylic acids is 2. The van der Waals surface area contributed by atoms with Crippen molar-refractivity contribution >= 4 is 34.8 Å². The van der Waals surface area contributed by atoms with Crippen molar-refractivity contribution in [3.8, 4) is 11.5 Å². The number of benzene rings is 2. The number of imide groups is 1. The van der Waals surface area contributed by atoms with Gasteiger partial charge in [-0.3, -0.25) is 9.59 Å². The van der Waals surface area contributed by atoms with Gasteiger partial charge < -0.3 is 9.47 Å². The molecule has 0 saturated heterocycles. The Kier molecular flexibility index (Phi) is 5.56. The van der Waals surface area contributed by atoms with Crippen LogP contribution in [-0.4, -0.2) is 31.8 Å². The van der Waals surface area contributed by atoms with Crippen molar-refractivity contribution in [2.24, 2.45) is 0 Å². The molecule has 0 saturated carbocycles. The van der Waals surface area contributed by atoms with E-state index in [1.54, 1.807) is 38.5 Å². The Labute approximate surface area is 163 Å². The molecule has 140 valence electrons. The van der Waals surface area contributed by atoms with Crippen molar-refractivity contribution in [3.05, 3.63) is 58.5 Å². The fourth-order valence-electron chi connectivity index (χ4n) is 3.04. The lowest BCUT2D eigenvalue weighted by Gasteiger charge is -2.16. The fourth-order valence-corrected chi connectivity index (χ4v) is 3.89. The number of thioether (sulfide) groups is 1. The number of ether oxygens (including phenoxy) is 2. The lowest BCUT2D eigenvalue weighted by molar-refractivity contribution is -0.119. The number of carbonyl (C=O) groups is 2. The maximum atomic E-state index is 13.2. The normalized spacial score (nSPS) is 14.1. The molecule has 0 radical (unpaired) electrons. The van der Waals surface area contributed by atoms with Crippen molar-refractivity contribution in [1.29, 1.82) is 0 Å². The van der Waals surface area contributed by atoms with Crippen LogP contribution in [0.2, 0.25) is 0 Å². The third-order valence-corrected chi connectivity index (χ3v) is 5.22. The summed E-state index contributed by atoms with van der Waals surface area (Å²) in [6.45, 7) is 3.88. The maximum Gasteiger partial charge on any atom is 0.272 e. The van der Waals surface area contributed by atoms with Gasteiger partial charge in [0.15, 0.2) is 11.5 Å². The summed E-state index contributed by atoms with van der Waals surface area (Å²) in [5, 5.41) is 0. The highest BCUT2D eigenvalue weighted by molar-refractivity contribution is 8.04. The van der Waals surface area contributed by atoms with Crippen LogP contribution < -0.4 is 14.4 Å². The molecule has 2 aromatic carbocycles. The molecule has 3 rings (SSSR count). The quantitative estimate of drug-likeness (QED) is 0.705. The van der Waals surface area contributed by atoms with Gasteiger partial charge in [-0.2, -0.15) is 0 Å². The fraction of sp³-hybridized carbons (Fsp3) is 0.238. The van der Waals surface area contributed by atoms with Gasteiger partial charge in [0.25, 0.3) is 11.8 Å². The van der Waals surface area contributed by atoms with Gasteiger partial charge in [-0.15, -0.1) is 11.8 Å². The highest BCUT2D eigenvalue weighted by Crippen LogP contribution is 2.40. The highest BCUT2D eigenvalue weighted by Gasteiger charge is 2.40. The summed E-state index contributed by atoms with van der Waals surface area (Å²) in [5.74, 6) is 1.15. The minimum atomic E-state index is -0.325. The summed E-state index contributed by atoms with van der Waals surface area (Å²) < 4.78 is 10.6. The third-order valence-electron chi connectivity index (χ3n) is 4.26. The van der Waals surface area contributed by atoms with E-state index >= 15 is 0 Å². The summed E-state index contributed by atoms with van der Waals surface area (Å²) in [7, 11) is 3.09. The zero-order valence-electron chi connectivity index (χ0n) is 15.7. The van der Waals surface area contributed by atoms with Crippen LogP contribution in [0.15, 0.2) is 47.4 Å². The van der Waals surface area contributed by atoms with Crippen molar-refractivity contribution in [2.75, 3.05) is 24.9 Å². The second-order valence-electron chi connectivity index (χ2n) is 5.99. The first-order valence-electron chi connectivity index (χ1n) is 8.56. The number of nitrogens with zero attached hydrogens (tertiary/aromatic N) is 1. The molecule has 0 N–H and O–H groups in total. The summed E-state index contributed by atoms with van der Waals surface area (Å²) in [6, 6.07) is 12.6. The van der Waals surface area contributed by atoms with E-state index < -0.39 is 0 Å². The minimum absolute atomic E-state index is 0.290. The molecule has 6 heteroatoms. The first-order chi connectivity index (χ1) is 13.0. The molecule has 0 unspecified atom stereocenters. The Morgan fingerprint density at radius 3 is 2.33 bits per heavy atom. The molecular weight excluding hydrogens is 362 g/mol. The lowest BCUT2D eigenvalue weighted by atomic mass is 10.1. The van der Waals surface area contributed by atoms with Crippen LogP contribution in [-0.2, 0) is 9.59 Å². The molecule has 2 amide bonds. The van der Waals surface area contributed by atoms with Gasteiger partial charge in [0.1, 0.15) is 0 Å². The monoisotopic (exact) mass is 383 g/mol. The van der Waals surface area contributed by atoms with Crippen molar-refractivity contribution < 1.29 is 19.1 Å². The zero-order chi connectivity index (χ0) is 19.6. The smallest absolute Gasteiger partial charge is 0.272 e. The van der Waals surface area contributed by atoms with Crippen LogP contribution in [0.1, 0.15) is 18.1 Å². The Morgan fingerprint density at radius 2 is 1.70 bits per heavy atom. The molecule has 0 aromatic heterocycles. The Bertz CT molecular complexity index is 936. The first-order valence-corrected chi connectivity index (χ1v) is 9.55. The van der Waals surface area contributed by atoms with Crippen LogP contribution in [0.4, 0.5) is 5.69 Å². The minimum Gasteiger partial charge on any atom is -0.493 e. The summed E-state index contributed by atoms with van der Waals surface area (Å²) >= 11 is 1.38. The number of anilines is 1. The third kappa shape index (κ3) is 3.45. The van der Waals surface area contributed by atoms with E-state index in [0.29, 0.717) is 39.0 Å². The van der Waals surface area contributed by atoms with Crippen LogP contribution in [0, 0.1) is 6.92 Å². The summed E-state index contributed by atoms with van der Waals surface area (Å²) in [6.07, 6.45) is 0. The predicted molar refractivity (Wildman–Crippen MR) is 108 cm³/mol. The van der Waals surface area contributed by atoms with Gasteiger partial charge in [-0.1, -0.05) is 25.1 Å². The van der Waals surface area contributed by atoms with Crippen LogP contribution in [0.5, 0.6) is 11.5 Å². The van der Waals surface area contributed by atoms with Crippen LogP contribution in [0.3, 0.4) is 0 Å². The second-order valence-corrected chi connectivity index (χ2v) is 7.27. The predicted octanol–water partition coefficient (Wildman–Crippen LogP) is 4.05. The summed E-state index contributed by atoms with van der Waals surface area (Å²) in [5.41, 5.74) is 2.60. The van der Waals surface area contributed by atoms with Gasteiger partial charge in [-0.25, -0.2) is 4.90 Å². The van der Waals surface area contributed by atoms with E-state index in [9.17, 15) is 9.59 Å². The molecule has 0 bridgehead atoms. The number of rotatable bonds is 6. The Morgan fingerprint density at radius 1 is 0.963 bits per heavy atom. The van der Waals surface area contributed by atoms with Crippen LogP contribution >= 0.6 is 11.8 Å². The molecule has 0 aliphatic carbocycles. The number of methoxy groups -OCH3 is 2.